The Kier molecular flexibility index (Phi) is 15.3. The van der Waals surface area contributed by atoms with E-state index in [1.54, 1.807) is 47.4 Å². The van der Waals surface area contributed by atoms with E-state index >= 15 is 0 Å². The van der Waals surface area contributed by atoms with Crippen LogP contribution in [-0.2, 0) is 35.5 Å². The van der Waals surface area contributed by atoms with Gasteiger partial charge in [0.25, 0.3) is 0 Å². The zero-order valence-electron chi connectivity index (χ0n) is 38.6. The van der Waals surface area contributed by atoms with Crippen molar-refractivity contribution in [3.63, 3.8) is 0 Å². The van der Waals surface area contributed by atoms with Gasteiger partial charge in [0.15, 0.2) is 0 Å². The number of amides is 4. The predicted octanol–water partition coefficient (Wildman–Crippen LogP) is 6.91. The topological polar surface area (TPSA) is 227 Å². The lowest BCUT2D eigenvalue weighted by Crippen LogP contribution is -2.51. The molecule has 2 aliphatic rings. The molecule has 2 heterocycles. The van der Waals surface area contributed by atoms with Crippen LogP contribution in [0.4, 0.5) is 15.3 Å². The second-order valence-electron chi connectivity index (χ2n) is 19.2. The van der Waals surface area contributed by atoms with E-state index in [0.717, 1.165) is 35.1 Å². The highest BCUT2D eigenvalue weighted by molar-refractivity contribution is 7.89. The van der Waals surface area contributed by atoms with Gasteiger partial charge < -0.3 is 30.3 Å². The molecule has 3 atom stereocenters. The summed E-state index contributed by atoms with van der Waals surface area (Å²) in [5.74, 6) is -0.236. The van der Waals surface area contributed by atoms with E-state index in [1.165, 1.54) is 0 Å². The van der Waals surface area contributed by atoms with Gasteiger partial charge in [-0.25, -0.2) is 22.7 Å². The molecule has 1 aliphatic carbocycles. The van der Waals surface area contributed by atoms with Crippen LogP contribution in [0.2, 0.25) is 0 Å². The summed E-state index contributed by atoms with van der Waals surface area (Å²) >= 11 is 0. The Labute approximate surface area is 381 Å². The first kappa shape index (κ1) is 48.6. The quantitative estimate of drug-likeness (QED) is 0.0927. The Bertz CT molecular complexity index is 2390. The standard InChI is InChI=1S/C47H63N9O8S/c1-29-25-38(65(61,62)53-37-23-24-56(30(2)26-37)45(60)64-47(6,7)8)21-22-39(29)33-13-9-31(10-14-33)27-40(43(58)49-36-19-17-34(18-20-36)41-51-54-55-52-41)50-42(57)35-15-11-32(12-16-35)28-48-44(59)63-46(3,4)5/h9-10,13-14,17-22,25,30,32,35,37,40,53H,11-12,15-16,23-24,26-28H2,1-8H3,(H,48,59)(H,49,58)(H,50,57)(H,51,52,54,55)/t30?,32?,35?,37?,40-/m0/s1. The van der Waals surface area contributed by atoms with Gasteiger partial charge in [-0.1, -0.05) is 30.3 Å². The summed E-state index contributed by atoms with van der Waals surface area (Å²) < 4.78 is 40.9. The number of hydrogen-bond acceptors (Lipinski definition) is 11. The molecule has 6 rings (SSSR count). The van der Waals surface area contributed by atoms with Gasteiger partial charge in [-0.3, -0.25) is 9.59 Å². The Morgan fingerprint density at radius 2 is 1.52 bits per heavy atom. The van der Waals surface area contributed by atoms with Crippen LogP contribution in [0.15, 0.2) is 71.6 Å². The molecule has 65 heavy (non-hydrogen) atoms. The summed E-state index contributed by atoms with van der Waals surface area (Å²) in [6.07, 6.45) is 3.01. The van der Waals surface area contributed by atoms with Crippen molar-refractivity contribution in [2.24, 2.45) is 11.8 Å². The molecule has 17 nitrogen and oxygen atoms in total. The molecule has 18 heteroatoms. The monoisotopic (exact) mass is 913 g/mol. The van der Waals surface area contributed by atoms with Crippen molar-refractivity contribution in [1.82, 2.24) is 40.9 Å². The number of benzene rings is 3. The predicted molar refractivity (Wildman–Crippen MR) is 246 cm³/mol. The first-order valence-corrected chi connectivity index (χ1v) is 23.7. The number of alkyl carbamates (subject to hydrolysis) is 1. The number of aryl methyl sites for hydroxylation is 1. The summed E-state index contributed by atoms with van der Waals surface area (Å²) in [6, 6.07) is 18.2. The van der Waals surface area contributed by atoms with E-state index in [4.69, 9.17) is 9.47 Å². The van der Waals surface area contributed by atoms with E-state index < -0.39 is 39.5 Å². The Balaban J connectivity index is 1.09. The molecule has 1 saturated carbocycles. The third kappa shape index (κ3) is 13.8. The number of nitrogens with zero attached hydrogens (tertiary/aromatic N) is 4. The normalized spacial score (nSPS) is 19.7. The minimum atomic E-state index is -3.85. The molecule has 1 saturated heterocycles. The van der Waals surface area contributed by atoms with Crippen molar-refractivity contribution in [2.45, 2.75) is 135 Å². The fraction of sp³-hybridized carbons (Fsp3) is 0.511. The second kappa shape index (κ2) is 20.5. The molecule has 2 unspecified atom stereocenters. The summed E-state index contributed by atoms with van der Waals surface area (Å²) in [4.78, 5) is 54.4. The number of carbonyl (C=O) groups excluding carboxylic acids is 4. The van der Waals surface area contributed by atoms with Crippen LogP contribution < -0.4 is 20.7 Å². The number of tetrazole rings is 1. The number of aromatic amines is 1. The number of sulfonamides is 1. The molecule has 0 radical (unpaired) electrons. The molecular weight excluding hydrogens is 851 g/mol. The molecule has 4 aromatic rings. The van der Waals surface area contributed by atoms with Crippen molar-refractivity contribution in [3.05, 3.63) is 77.9 Å². The van der Waals surface area contributed by atoms with Crippen molar-refractivity contribution >= 4 is 39.7 Å². The first-order valence-electron chi connectivity index (χ1n) is 22.3. The Morgan fingerprint density at radius 3 is 2.12 bits per heavy atom. The third-order valence-corrected chi connectivity index (χ3v) is 13.1. The minimum Gasteiger partial charge on any atom is -0.444 e. The van der Waals surface area contributed by atoms with Crippen LogP contribution in [0, 0.1) is 18.8 Å². The van der Waals surface area contributed by atoms with Gasteiger partial charge in [-0.05, 0) is 164 Å². The van der Waals surface area contributed by atoms with Gasteiger partial charge >= 0.3 is 12.2 Å². The van der Waals surface area contributed by atoms with E-state index in [9.17, 15) is 27.6 Å². The summed E-state index contributed by atoms with van der Waals surface area (Å²) in [5.41, 5.74) is 3.31. The fourth-order valence-electron chi connectivity index (χ4n) is 8.23. The molecule has 1 aromatic heterocycles. The number of aromatic nitrogens is 4. The van der Waals surface area contributed by atoms with Crippen molar-refractivity contribution in [1.29, 1.82) is 0 Å². The number of nitrogens with one attached hydrogen (secondary N) is 5. The SMILES string of the molecule is Cc1cc(S(=O)(=O)NC2CCN(C(=O)OC(C)(C)C)C(C)C2)ccc1-c1ccc(C[C@H](NC(=O)C2CCC(CNC(=O)OC(C)(C)C)CC2)C(=O)Nc2ccc(-c3nn[nH]n3)cc2)cc1. The lowest BCUT2D eigenvalue weighted by molar-refractivity contribution is -0.130. The van der Waals surface area contributed by atoms with Crippen LogP contribution in [0.3, 0.4) is 0 Å². The van der Waals surface area contributed by atoms with Gasteiger partial charge in [0, 0.05) is 48.8 Å². The summed E-state index contributed by atoms with van der Waals surface area (Å²) in [6.45, 7) is 15.5. The number of likely N-dealkylation sites (tertiary alicyclic amines) is 1. The lowest BCUT2D eigenvalue weighted by Gasteiger charge is -2.38. The van der Waals surface area contributed by atoms with E-state index in [1.807, 2.05) is 79.7 Å². The molecule has 3 aromatic carbocycles. The van der Waals surface area contributed by atoms with E-state index in [0.29, 0.717) is 55.8 Å². The van der Waals surface area contributed by atoms with Crippen LogP contribution in [0.25, 0.3) is 22.5 Å². The van der Waals surface area contributed by atoms with Crippen LogP contribution in [0.5, 0.6) is 0 Å². The smallest absolute Gasteiger partial charge is 0.410 e. The van der Waals surface area contributed by atoms with Crippen molar-refractivity contribution < 1.29 is 37.1 Å². The molecule has 4 amide bonds. The van der Waals surface area contributed by atoms with Gasteiger partial charge in [-0.2, -0.15) is 5.21 Å². The Morgan fingerprint density at radius 1 is 0.862 bits per heavy atom. The largest absolute Gasteiger partial charge is 0.444 e. The molecular formula is C47H63N9O8S. The molecule has 350 valence electrons. The molecule has 1 aliphatic heterocycles. The first-order chi connectivity index (χ1) is 30.6. The number of rotatable bonds is 13. The number of piperidine rings is 1. The molecule has 5 N–H and O–H groups in total. The van der Waals surface area contributed by atoms with Gasteiger partial charge in [-0.15, -0.1) is 10.2 Å². The highest BCUT2D eigenvalue weighted by atomic mass is 32.2. The van der Waals surface area contributed by atoms with Crippen molar-refractivity contribution in [3.8, 4) is 22.5 Å². The second-order valence-corrected chi connectivity index (χ2v) is 20.9. The number of hydrogen-bond donors (Lipinski definition) is 5. The van der Waals surface area contributed by atoms with E-state index in [-0.39, 0.29) is 47.1 Å². The molecule has 0 spiro atoms. The molecule has 0 bridgehead atoms. The number of H-pyrrole nitrogens is 1. The summed E-state index contributed by atoms with van der Waals surface area (Å²) in [7, 11) is -3.85. The summed E-state index contributed by atoms with van der Waals surface area (Å²) in [5, 5.41) is 22.9. The zero-order valence-corrected chi connectivity index (χ0v) is 39.4. The maximum absolute atomic E-state index is 13.9. The maximum Gasteiger partial charge on any atom is 0.410 e. The average molecular weight is 914 g/mol. The number of anilines is 1. The zero-order chi connectivity index (χ0) is 47.1. The maximum atomic E-state index is 13.9. The van der Waals surface area contributed by atoms with Gasteiger partial charge in [0.2, 0.25) is 27.7 Å². The fourth-order valence-corrected chi connectivity index (χ4v) is 9.60. The lowest BCUT2D eigenvalue weighted by atomic mass is 9.81. The van der Waals surface area contributed by atoms with Gasteiger partial charge in [0.1, 0.15) is 17.2 Å². The average Bonchev–Trinajstić information content (AvgIpc) is 3.77. The van der Waals surface area contributed by atoms with E-state index in [2.05, 4.69) is 41.3 Å². The number of ether oxygens (including phenoxy) is 2. The van der Waals surface area contributed by atoms with Crippen LogP contribution >= 0.6 is 0 Å². The van der Waals surface area contributed by atoms with Crippen LogP contribution in [0.1, 0.15) is 98.1 Å². The highest BCUT2D eigenvalue weighted by Gasteiger charge is 2.34. The van der Waals surface area contributed by atoms with Crippen molar-refractivity contribution in [2.75, 3.05) is 18.4 Å². The third-order valence-electron chi connectivity index (χ3n) is 11.6. The molecule has 2 fully saturated rings. The Hall–Kier alpha value is -5.88. The minimum absolute atomic E-state index is 0.151. The van der Waals surface area contributed by atoms with Gasteiger partial charge in [0.05, 0.1) is 4.90 Å². The van der Waals surface area contributed by atoms with Crippen LogP contribution in [-0.4, -0.2) is 100 Å². The number of carbonyl (C=O) groups is 4. The highest BCUT2D eigenvalue weighted by Crippen LogP contribution is 2.31.